The van der Waals surface area contributed by atoms with Crippen molar-refractivity contribution in [1.82, 2.24) is 0 Å². The van der Waals surface area contributed by atoms with Gasteiger partial charge in [0, 0.05) is 6.61 Å². The highest BCUT2D eigenvalue weighted by Crippen LogP contribution is 2.76. The fraction of sp³-hybridized carbons (Fsp3) is 0.897. The Morgan fingerprint density at radius 3 is 2.30 bits per heavy atom. The van der Waals surface area contributed by atoms with E-state index in [1.54, 1.807) is 0 Å². The van der Waals surface area contributed by atoms with Crippen molar-refractivity contribution in [3.8, 4) is 0 Å². The van der Waals surface area contributed by atoms with Gasteiger partial charge in [-0.1, -0.05) is 32.9 Å². The molecule has 4 aliphatic carbocycles. The number of aliphatic hydroxyl groups excluding tert-OH is 1. The van der Waals surface area contributed by atoms with Gasteiger partial charge in [-0.2, -0.15) is 0 Å². The Kier molecular flexibility index (Phi) is 5.29. The number of fused-ring (bicyclic) bond motifs is 7. The third kappa shape index (κ3) is 2.80. The van der Waals surface area contributed by atoms with Gasteiger partial charge in [0.1, 0.15) is 0 Å². The van der Waals surface area contributed by atoms with E-state index in [1.165, 1.54) is 12.0 Å². The molecule has 5 aliphatic rings. The standard InChI is InChI=1S/C29H46O4/c1-18(2)19-9-12-29(24(31)32)14-13-26(4)20(23(19)29)7-8-21-25(3)15-16-33-28(6,17-30)22(25)10-11-27(21,26)5/h19-23,30H,1,7-17H2,2-6H3,(H,31,32). The number of carboxylic acids is 1. The van der Waals surface area contributed by atoms with Crippen molar-refractivity contribution >= 4 is 5.97 Å². The van der Waals surface area contributed by atoms with Crippen LogP contribution in [0.15, 0.2) is 12.2 Å². The van der Waals surface area contributed by atoms with E-state index in [0.717, 1.165) is 58.0 Å². The van der Waals surface area contributed by atoms with Gasteiger partial charge in [0.15, 0.2) is 0 Å². The third-order valence-electron chi connectivity index (χ3n) is 12.9. The molecule has 1 aliphatic heterocycles. The first-order chi connectivity index (χ1) is 15.4. The average molecular weight is 459 g/mol. The first kappa shape index (κ1) is 23.9. The van der Waals surface area contributed by atoms with Crippen LogP contribution in [0.1, 0.15) is 92.4 Å². The van der Waals surface area contributed by atoms with Crippen LogP contribution in [0.5, 0.6) is 0 Å². The van der Waals surface area contributed by atoms with Crippen LogP contribution in [-0.2, 0) is 9.53 Å². The van der Waals surface area contributed by atoms with E-state index in [-0.39, 0.29) is 28.8 Å². The lowest BCUT2D eigenvalue weighted by Crippen LogP contribution is -2.68. The van der Waals surface area contributed by atoms with Crippen LogP contribution < -0.4 is 0 Å². The number of carbonyl (C=O) groups is 1. The Hall–Kier alpha value is -0.870. The molecule has 4 nitrogen and oxygen atoms in total. The maximum atomic E-state index is 12.7. The summed E-state index contributed by atoms with van der Waals surface area (Å²) in [6.45, 7) is 17.0. The van der Waals surface area contributed by atoms with Gasteiger partial charge in [0.2, 0.25) is 0 Å². The highest BCUT2D eigenvalue weighted by molar-refractivity contribution is 5.76. The van der Waals surface area contributed by atoms with E-state index < -0.39 is 17.0 Å². The first-order valence-corrected chi connectivity index (χ1v) is 13.5. The molecule has 0 bridgehead atoms. The summed E-state index contributed by atoms with van der Waals surface area (Å²) in [4.78, 5) is 12.7. The normalized spacial score (nSPS) is 55.6. The fourth-order valence-corrected chi connectivity index (χ4v) is 11.0. The first-order valence-electron chi connectivity index (χ1n) is 13.5. The molecule has 5 rings (SSSR count). The summed E-state index contributed by atoms with van der Waals surface area (Å²) in [5, 5.41) is 20.8. The lowest BCUT2D eigenvalue weighted by Gasteiger charge is -2.72. The number of rotatable bonds is 3. The molecule has 10 unspecified atom stereocenters. The molecule has 5 fully saturated rings. The number of carboxylic acid groups (broad SMARTS) is 1. The fourth-order valence-electron chi connectivity index (χ4n) is 11.0. The maximum Gasteiger partial charge on any atom is 0.309 e. The van der Waals surface area contributed by atoms with Gasteiger partial charge in [-0.05, 0) is 117 Å². The van der Waals surface area contributed by atoms with Gasteiger partial charge in [-0.3, -0.25) is 4.79 Å². The Morgan fingerprint density at radius 2 is 1.67 bits per heavy atom. The molecular formula is C29H46O4. The largest absolute Gasteiger partial charge is 0.481 e. The van der Waals surface area contributed by atoms with Gasteiger partial charge in [0.25, 0.3) is 0 Å². The van der Waals surface area contributed by atoms with E-state index in [9.17, 15) is 15.0 Å². The van der Waals surface area contributed by atoms with Crippen molar-refractivity contribution in [1.29, 1.82) is 0 Å². The smallest absolute Gasteiger partial charge is 0.309 e. The zero-order chi connectivity index (χ0) is 24.0. The van der Waals surface area contributed by atoms with Crippen LogP contribution in [-0.4, -0.2) is 35.0 Å². The van der Waals surface area contributed by atoms with Gasteiger partial charge in [-0.15, -0.1) is 0 Å². The lowest BCUT2D eigenvalue weighted by atomic mass is 9.33. The molecule has 10 atom stereocenters. The summed E-state index contributed by atoms with van der Waals surface area (Å²) in [6, 6.07) is 0. The third-order valence-corrected chi connectivity index (χ3v) is 12.9. The summed E-state index contributed by atoms with van der Waals surface area (Å²) in [6.07, 6.45) is 9.32. The predicted molar refractivity (Wildman–Crippen MR) is 130 cm³/mol. The van der Waals surface area contributed by atoms with Crippen LogP contribution in [0.2, 0.25) is 0 Å². The predicted octanol–water partition coefficient (Wildman–Crippen LogP) is 6.08. The molecule has 4 saturated carbocycles. The second-order valence-electron chi connectivity index (χ2n) is 13.7. The maximum absolute atomic E-state index is 12.7. The van der Waals surface area contributed by atoms with Crippen molar-refractivity contribution in [3.05, 3.63) is 12.2 Å². The van der Waals surface area contributed by atoms with E-state index in [2.05, 4.69) is 41.2 Å². The minimum atomic E-state index is -0.551. The number of allylic oxidation sites excluding steroid dienone is 1. The molecule has 0 radical (unpaired) electrons. The van der Waals surface area contributed by atoms with Crippen LogP contribution >= 0.6 is 0 Å². The molecule has 0 aromatic carbocycles. The zero-order valence-corrected chi connectivity index (χ0v) is 21.6. The molecule has 4 heteroatoms. The number of hydrogen-bond acceptors (Lipinski definition) is 3. The molecule has 0 aromatic rings. The summed E-state index contributed by atoms with van der Waals surface area (Å²) in [5.41, 5.74) is 0.723. The summed E-state index contributed by atoms with van der Waals surface area (Å²) in [7, 11) is 0. The molecule has 1 heterocycles. The van der Waals surface area contributed by atoms with Gasteiger partial charge >= 0.3 is 5.97 Å². The summed E-state index contributed by atoms with van der Waals surface area (Å²) in [5.74, 6) is 1.46. The van der Waals surface area contributed by atoms with Crippen molar-refractivity contribution in [2.75, 3.05) is 13.2 Å². The van der Waals surface area contributed by atoms with Crippen LogP contribution in [0, 0.1) is 51.2 Å². The van der Waals surface area contributed by atoms with Crippen LogP contribution in [0.3, 0.4) is 0 Å². The van der Waals surface area contributed by atoms with E-state index >= 15 is 0 Å². The van der Waals surface area contributed by atoms with Crippen LogP contribution in [0.25, 0.3) is 0 Å². The second-order valence-corrected chi connectivity index (χ2v) is 13.7. The molecule has 0 aromatic heterocycles. The van der Waals surface area contributed by atoms with Crippen molar-refractivity contribution in [3.63, 3.8) is 0 Å². The second kappa shape index (κ2) is 7.32. The Bertz CT molecular complexity index is 853. The molecule has 33 heavy (non-hydrogen) atoms. The Balaban J connectivity index is 1.56. The lowest BCUT2D eigenvalue weighted by molar-refractivity contribution is -0.271. The molecule has 0 amide bonds. The minimum Gasteiger partial charge on any atom is -0.481 e. The molecule has 186 valence electrons. The highest BCUT2D eigenvalue weighted by atomic mass is 16.5. The zero-order valence-electron chi connectivity index (χ0n) is 21.6. The number of aliphatic hydroxyl groups is 1. The van der Waals surface area contributed by atoms with Gasteiger partial charge in [0.05, 0.1) is 17.6 Å². The SMILES string of the molecule is C=C(C)C1CCC2(C(=O)O)CCC3(C)C(CCC4C5(C)CCOC(C)(CO)C5CCC43C)C12. The van der Waals surface area contributed by atoms with Gasteiger partial charge in [-0.25, -0.2) is 0 Å². The van der Waals surface area contributed by atoms with E-state index in [1.807, 2.05) is 0 Å². The quantitative estimate of drug-likeness (QED) is 0.503. The summed E-state index contributed by atoms with van der Waals surface area (Å²) < 4.78 is 6.21. The molecule has 1 saturated heterocycles. The topological polar surface area (TPSA) is 66.8 Å². The van der Waals surface area contributed by atoms with E-state index in [4.69, 9.17) is 4.74 Å². The molecule has 0 spiro atoms. The average Bonchev–Trinajstić information content (AvgIpc) is 3.15. The highest BCUT2D eigenvalue weighted by Gasteiger charge is 2.72. The summed E-state index contributed by atoms with van der Waals surface area (Å²) >= 11 is 0. The monoisotopic (exact) mass is 458 g/mol. The molecular weight excluding hydrogens is 412 g/mol. The van der Waals surface area contributed by atoms with Crippen molar-refractivity contribution < 1.29 is 19.7 Å². The number of hydrogen-bond donors (Lipinski definition) is 2. The Labute approximate surface area is 200 Å². The van der Waals surface area contributed by atoms with Crippen molar-refractivity contribution in [2.24, 2.45) is 51.2 Å². The minimum absolute atomic E-state index is 0.0973. The van der Waals surface area contributed by atoms with Gasteiger partial charge < -0.3 is 14.9 Å². The van der Waals surface area contributed by atoms with E-state index in [0.29, 0.717) is 23.7 Å². The number of aliphatic carboxylic acids is 1. The van der Waals surface area contributed by atoms with Crippen LogP contribution in [0.4, 0.5) is 0 Å². The Morgan fingerprint density at radius 1 is 0.939 bits per heavy atom. The van der Waals surface area contributed by atoms with Crippen molar-refractivity contribution in [2.45, 2.75) is 98.0 Å². The number of ether oxygens (including phenoxy) is 1. The molecule has 2 N–H and O–H groups in total.